The van der Waals surface area contributed by atoms with Crippen molar-refractivity contribution in [1.29, 1.82) is 0 Å². The lowest BCUT2D eigenvalue weighted by Crippen LogP contribution is -2.42. The number of carbonyl (C=O) groups excluding carboxylic acids is 2. The molecule has 2 amide bonds. The topological polar surface area (TPSA) is 52.7 Å². The summed E-state index contributed by atoms with van der Waals surface area (Å²) in [7, 11) is 0. The van der Waals surface area contributed by atoms with Crippen LogP contribution < -0.4 is 5.32 Å². The van der Waals surface area contributed by atoms with Gasteiger partial charge in [-0.1, -0.05) is 30.3 Å². The van der Waals surface area contributed by atoms with E-state index in [1.54, 1.807) is 18.2 Å². The normalized spacial score (nSPS) is 15.1. The highest BCUT2D eigenvalue weighted by Gasteiger charge is 2.20. The molecule has 6 heteroatoms. The van der Waals surface area contributed by atoms with E-state index in [0.29, 0.717) is 18.7 Å². The average molecular weight is 383 g/mol. The maximum absolute atomic E-state index is 13.0. The SMILES string of the molecule is Cc1ccccc1C(=O)NCC(=O)N1CCCN(Cc2ccc(F)cc2)CC1. The Morgan fingerprint density at radius 2 is 1.75 bits per heavy atom. The van der Waals surface area contributed by atoms with Gasteiger partial charge in [-0.15, -0.1) is 0 Å². The first-order valence-electron chi connectivity index (χ1n) is 9.61. The van der Waals surface area contributed by atoms with Crippen LogP contribution in [0.5, 0.6) is 0 Å². The van der Waals surface area contributed by atoms with Gasteiger partial charge >= 0.3 is 0 Å². The van der Waals surface area contributed by atoms with E-state index in [2.05, 4.69) is 10.2 Å². The van der Waals surface area contributed by atoms with Crippen LogP contribution in [0.25, 0.3) is 0 Å². The predicted octanol–water partition coefficient (Wildman–Crippen LogP) is 2.60. The average Bonchev–Trinajstić information content (AvgIpc) is 2.93. The molecule has 0 spiro atoms. The second-order valence-electron chi connectivity index (χ2n) is 7.13. The van der Waals surface area contributed by atoms with E-state index in [1.165, 1.54) is 12.1 Å². The summed E-state index contributed by atoms with van der Waals surface area (Å²) < 4.78 is 13.0. The Morgan fingerprint density at radius 1 is 1.00 bits per heavy atom. The largest absolute Gasteiger partial charge is 0.343 e. The van der Waals surface area contributed by atoms with Crippen LogP contribution in [0.4, 0.5) is 4.39 Å². The van der Waals surface area contributed by atoms with E-state index < -0.39 is 0 Å². The standard InChI is InChI=1S/C22H26FN3O2/c1-17-5-2-3-6-20(17)22(28)24-15-21(27)26-12-4-11-25(13-14-26)16-18-7-9-19(23)10-8-18/h2-3,5-10H,4,11-16H2,1H3,(H,24,28). The van der Waals surface area contributed by atoms with E-state index in [0.717, 1.165) is 37.2 Å². The molecule has 1 fully saturated rings. The summed E-state index contributed by atoms with van der Waals surface area (Å²) in [6.45, 7) is 5.57. The fraction of sp³-hybridized carbons (Fsp3) is 0.364. The molecule has 0 saturated carbocycles. The summed E-state index contributed by atoms with van der Waals surface area (Å²) in [5, 5.41) is 2.73. The summed E-state index contributed by atoms with van der Waals surface area (Å²) in [5.41, 5.74) is 2.54. The van der Waals surface area contributed by atoms with Crippen LogP contribution >= 0.6 is 0 Å². The molecule has 1 heterocycles. The maximum Gasteiger partial charge on any atom is 0.251 e. The van der Waals surface area contributed by atoms with E-state index in [1.807, 2.05) is 30.0 Å². The number of halogens is 1. The fourth-order valence-corrected chi connectivity index (χ4v) is 3.42. The summed E-state index contributed by atoms with van der Waals surface area (Å²) in [4.78, 5) is 28.9. The molecule has 1 aliphatic heterocycles. The van der Waals surface area contributed by atoms with Gasteiger partial charge in [0.2, 0.25) is 5.91 Å². The van der Waals surface area contributed by atoms with Crippen LogP contribution in [-0.4, -0.2) is 54.3 Å². The van der Waals surface area contributed by atoms with E-state index >= 15 is 0 Å². The number of hydrogen-bond donors (Lipinski definition) is 1. The zero-order chi connectivity index (χ0) is 19.9. The fourth-order valence-electron chi connectivity index (χ4n) is 3.42. The van der Waals surface area contributed by atoms with Gasteiger partial charge in [0.25, 0.3) is 5.91 Å². The summed E-state index contributed by atoms with van der Waals surface area (Å²) in [6, 6.07) is 13.9. The quantitative estimate of drug-likeness (QED) is 0.864. The molecule has 148 valence electrons. The zero-order valence-electron chi connectivity index (χ0n) is 16.2. The van der Waals surface area contributed by atoms with Gasteiger partial charge in [-0.3, -0.25) is 14.5 Å². The Kier molecular flexibility index (Phi) is 6.76. The molecule has 1 N–H and O–H groups in total. The predicted molar refractivity (Wildman–Crippen MR) is 106 cm³/mol. The minimum absolute atomic E-state index is 0.00509. The number of aryl methyl sites for hydroxylation is 1. The van der Waals surface area contributed by atoms with E-state index in [-0.39, 0.29) is 24.2 Å². The van der Waals surface area contributed by atoms with Gasteiger partial charge in [-0.25, -0.2) is 4.39 Å². The van der Waals surface area contributed by atoms with Crippen molar-refractivity contribution in [3.63, 3.8) is 0 Å². The number of rotatable bonds is 5. The third kappa shape index (κ3) is 5.39. The van der Waals surface area contributed by atoms with Crippen molar-refractivity contribution in [3.05, 3.63) is 71.0 Å². The minimum atomic E-state index is -0.232. The van der Waals surface area contributed by atoms with Gasteiger partial charge in [0.05, 0.1) is 6.54 Å². The number of amides is 2. The van der Waals surface area contributed by atoms with E-state index in [9.17, 15) is 14.0 Å². The third-order valence-corrected chi connectivity index (χ3v) is 5.05. The lowest BCUT2D eigenvalue weighted by molar-refractivity contribution is -0.130. The Bertz CT molecular complexity index is 823. The number of nitrogens with one attached hydrogen (secondary N) is 1. The molecule has 1 aliphatic rings. The highest BCUT2D eigenvalue weighted by molar-refractivity contribution is 5.97. The Balaban J connectivity index is 1.48. The Labute approximate surface area is 165 Å². The molecule has 28 heavy (non-hydrogen) atoms. The molecule has 0 radical (unpaired) electrons. The highest BCUT2D eigenvalue weighted by Crippen LogP contribution is 2.11. The van der Waals surface area contributed by atoms with Gasteiger partial charge in [-0.05, 0) is 42.7 Å². The summed E-state index contributed by atoms with van der Waals surface area (Å²) in [6.07, 6.45) is 0.874. The van der Waals surface area contributed by atoms with Crippen molar-refractivity contribution in [3.8, 4) is 0 Å². The van der Waals surface area contributed by atoms with Gasteiger partial charge in [0.1, 0.15) is 5.82 Å². The first kappa shape index (κ1) is 20.0. The molecule has 2 aromatic rings. The van der Waals surface area contributed by atoms with Crippen LogP contribution in [0.15, 0.2) is 48.5 Å². The third-order valence-electron chi connectivity index (χ3n) is 5.05. The number of hydrogen-bond acceptors (Lipinski definition) is 3. The lowest BCUT2D eigenvalue weighted by Gasteiger charge is -2.22. The summed E-state index contributed by atoms with van der Waals surface area (Å²) in [5.74, 6) is -0.520. The Morgan fingerprint density at radius 3 is 2.50 bits per heavy atom. The number of benzene rings is 2. The van der Waals surface area contributed by atoms with Crippen molar-refractivity contribution in [1.82, 2.24) is 15.1 Å². The molecule has 0 aliphatic carbocycles. The zero-order valence-corrected chi connectivity index (χ0v) is 16.2. The van der Waals surface area contributed by atoms with Gasteiger partial charge in [-0.2, -0.15) is 0 Å². The molecule has 0 aromatic heterocycles. The minimum Gasteiger partial charge on any atom is -0.343 e. The number of carbonyl (C=O) groups is 2. The summed E-state index contributed by atoms with van der Waals surface area (Å²) >= 11 is 0. The van der Waals surface area contributed by atoms with Gasteiger partial charge in [0, 0.05) is 38.3 Å². The van der Waals surface area contributed by atoms with Crippen LogP contribution in [0.1, 0.15) is 27.9 Å². The highest BCUT2D eigenvalue weighted by atomic mass is 19.1. The molecule has 1 saturated heterocycles. The Hall–Kier alpha value is -2.73. The number of nitrogens with zero attached hydrogens (tertiary/aromatic N) is 2. The van der Waals surface area contributed by atoms with Crippen LogP contribution in [0.3, 0.4) is 0 Å². The van der Waals surface area contributed by atoms with Gasteiger partial charge in [0.15, 0.2) is 0 Å². The molecule has 2 aromatic carbocycles. The molecular formula is C22H26FN3O2. The molecular weight excluding hydrogens is 357 g/mol. The van der Waals surface area contributed by atoms with Crippen molar-refractivity contribution >= 4 is 11.8 Å². The molecule has 5 nitrogen and oxygen atoms in total. The van der Waals surface area contributed by atoms with Crippen LogP contribution in [-0.2, 0) is 11.3 Å². The van der Waals surface area contributed by atoms with Crippen molar-refractivity contribution < 1.29 is 14.0 Å². The first-order valence-corrected chi connectivity index (χ1v) is 9.61. The monoisotopic (exact) mass is 383 g/mol. The van der Waals surface area contributed by atoms with Crippen molar-refractivity contribution in [2.45, 2.75) is 19.9 Å². The van der Waals surface area contributed by atoms with E-state index in [4.69, 9.17) is 0 Å². The maximum atomic E-state index is 13.0. The molecule has 0 bridgehead atoms. The lowest BCUT2D eigenvalue weighted by atomic mass is 10.1. The van der Waals surface area contributed by atoms with Crippen LogP contribution in [0, 0.1) is 12.7 Å². The van der Waals surface area contributed by atoms with Crippen molar-refractivity contribution in [2.75, 3.05) is 32.7 Å². The van der Waals surface area contributed by atoms with Gasteiger partial charge < -0.3 is 10.2 Å². The smallest absolute Gasteiger partial charge is 0.251 e. The molecule has 0 unspecified atom stereocenters. The van der Waals surface area contributed by atoms with Crippen LogP contribution in [0.2, 0.25) is 0 Å². The van der Waals surface area contributed by atoms with Crippen molar-refractivity contribution in [2.24, 2.45) is 0 Å². The molecule has 3 rings (SSSR count). The molecule has 0 atom stereocenters. The first-order chi connectivity index (χ1) is 13.5. The second-order valence-corrected chi connectivity index (χ2v) is 7.13. The second kappa shape index (κ2) is 9.46.